The van der Waals surface area contributed by atoms with Gasteiger partial charge in [-0.3, -0.25) is 0 Å². The van der Waals surface area contributed by atoms with Crippen LogP contribution < -0.4 is 5.32 Å². The van der Waals surface area contributed by atoms with E-state index in [0.717, 1.165) is 6.54 Å². The predicted octanol–water partition coefficient (Wildman–Crippen LogP) is 1.84. The second-order valence-corrected chi connectivity index (χ2v) is 2.61. The Kier molecular flexibility index (Phi) is 1.35. The first-order valence-electron chi connectivity index (χ1n) is 3.70. The Morgan fingerprint density at radius 2 is 2.50 bits per heavy atom. The molecule has 0 bridgehead atoms. The van der Waals surface area contributed by atoms with Gasteiger partial charge in [-0.15, -0.1) is 0 Å². The molecule has 0 unspecified atom stereocenters. The van der Waals surface area contributed by atoms with Crippen LogP contribution in [-0.2, 0) is 6.42 Å². The molecule has 1 nitrogen and oxygen atoms in total. The van der Waals surface area contributed by atoms with E-state index >= 15 is 0 Å². The summed E-state index contributed by atoms with van der Waals surface area (Å²) in [4.78, 5) is 0. The number of rotatable bonds is 0. The maximum atomic E-state index is 3.33. The van der Waals surface area contributed by atoms with Crippen molar-refractivity contribution >= 4 is 5.69 Å². The first-order chi connectivity index (χ1) is 4.97. The van der Waals surface area contributed by atoms with Crippen LogP contribution in [0.2, 0.25) is 0 Å². The second kappa shape index (κ2) is 2.33. The molecule has 1 aromatic rings. The molecular formula is C9H10N. The lowest BCUT2D eigenvalue weighted by molar-refractivity contribution is 0.830. The van der Waals surface area contributed by atoms with Gasteiger partial charge in [-0.2, -0.15) is 0 Å². The van der Waals surface area contributed by atoms with E-state index in [1.54, 1.807) is 0 Å². The highest BCUT2D eigenvalue weighted by Gasteiger charge is 2.04. The Balaban J connectivity index is 2.41. The van der Waals surface area contributed by atoms with E-state index in [1.165, 1.54) is 24.1 Å². The summed E-state index contributed by atoms with van der Waals surface area (Å²) < 4.78 is 0. The molecule has 1 aliphatic heterocycles. The number of fused-ring (bicyclic) bond motifs is 1. The van der Waals surface area contributed by atoms with Gasteiger partial charge in [-0.05, 0) is 30.5 Å². The first kappa shape index (κ1) is 5.78. The number of nitrogens with one attached hydrogen (secondary N) is 1. The summed E-state index contributed by atoms with van der Waals surface area (Å²) in [6, 6.07) is 9.20. The van der Waals surface area contributed by atoms with E-state index in [2.05, 4.69) is 17.4 Å². The summed E-state index contributed by atoms with van der Waals surface area (Å²) >= 11 is 0. The molecule has 2 rings (SSSR count). The van der Waals surface area contributed by atoms with E-state index in [-0.39, 0.29) is 0 Å². The lowest BCUT2D eigenvalue weighted by Crippen LogP contribution is -2.10. The Labute approximate surface area is 61.1 Å². The Morgan fingerprint density at radius 1 is 1.50 bits per heavy atom. The minimum Gasteiger partial charge on any atom is -0.385 e. The van der Waals surface area contributed by atoms with Crippen molar-refractivity contribution < 1.29 is 0 Å². The molecule has 1 aliphatic rings. The molecule has 0 aliphatic carbocycles. The van der Waals surface area contributed by atoms with Crippen LogP contribution in [0.5, 0.6) is 0 Å². The maximum absolute atomic E-state index is 3.33. The summed E-state index contributed by atoms with van der Waals surface area (Å²) in [6.45, 7) is 1.12. The molecular weight excluding hydrogens is 122 g/mol. The average Bonchev–Trinajstić information content (AvgIpc) is 2.05. The quantitative estimate of drug-likeness (QED) is 0.568. The van der Waals surface area contributed by atoms with Gasteiger partial charge in [-0.1, -0.05) is 12.1 Å². The molecule has 0 atom stereocenters. The van der Waals surface area contributed by atoms with Crippen LogP contribution in [0.4, 0.5) is 5.69 Å². The third-order valence-corrected chi connectivity index (χ3v) is 1.89. The molecule has 0 fully saturated rings. The lowest BCUT2D eigenvalue weighted by atomic mass is 10.0. The SMILES string of the molecule is [c]1ccc2c(c1)NCCC2. The van der Waals surface area contributed by atoms with Gasteiger partial charge in [0.1, 0.15) is 0 Å². The van der Waals surface area contributed by atoms with Gasteiger partial charge in [0.25, 0.3) is 0 Å². The highest BCUT2D eigenvalue weighted by molar-refractivity contribution is 5.52. The molecule has 0 saturated heterocycles. The van der Waals surface area contributed by atoms with Crippen LogP contribution in [0, 0.1) is 6.07 Å². The zero-order chi connectivity index (χ0) is 6.81. The number of hydrogen-bond acceptors (Lipinski definition) is 1. The van der Waals surface area contributed by atoms with Crippen LogP contribution in [-0.4, -0.2) is 6.54 Å². The monoisotopic (exact) mass is 132 g/mol. The van der Waals surface area contributed by atoms with Crippen molar-refractivity contribution in [3.63, 3.8) is 0 Å². The molecule has 1 N–H and O–H groups in total. The van der Waals surface area contributed by atoms with Crippen molar-refractivity contribution in [2.45, 2.75) is 12.8 Å². The number of hydrogen-bond donors (Lipinski definition) is 1. The topological polar surface area (TPSA) is 12.0 Å². The van der Waals surface area contributed by atoms with Crippen LogP contribution in [0.15, 0.2) is 18.2 Å². The Morgan fingerprint density at radius 3 is 3.40 bits per heavy atom. The van der Waals surface area contributed by atoms with Crippen LogP contribution in [0.1, 0.15) is 12.0 Å². The molecule has 0 amide bonds. The second-order valence-electron chi connectivity index (χ2n) is 2.61. The van der Waals surface area contributed by atoms with Crippen molar-refractivity contribution in [2.75, 3.05) is 11.9 Å². The molecule has 51 valence electrons. The van der Waals surface area contributed by atoms with E-state index in [9.17, 15) is 0 Å². The van der Waals surface area contributed by atoms with Crippen molar-refractivity contribution in [3.05, 3.63) is 29.8 Å². The van der Waals surface area contributed by atoms with Crippen LogP contribution >= 0.6 is 0 Å². The number of aryl methyl sites for hydroxylation is 1. The minimum absolute atomic E-state index is 1.12. The highest BCUT2D eigenvalue weighted by Crippen LogP contribution is 2.19. The van der Waals surface area contributed by atoms with Gasteiger partial charge in [0.15, 0.2) is 0 Å². The molecule has 1 aromatic carbocycles. The summed E-state index contributed by atoms with van der Waals surface area (Å²) in [5.41, 5.74) is 2.71. The number of anilines is 1. The van der Waals surface area contributed by atoms with E-state index in [1.807, 2.05) is 12.1 Å². The molecule has 1 heteroatoms. The zero-order valence-corrected chi connectivity index (χ0v) is 5.85. The van der Waals surface area contributed by atoms with Gasteiger partial charge in [0, 0.05) is 12.2 Å². The third-order valence-electron chi connectivity index (χ3n) is 1.89. The van der Waals surface area contributed by atoms with Gasteiger partial charge in [0.05, 0.1) is 0 Å². The van der Waals surface area contributed by atoms with Crippen LogP contribution in [0.3, 0.4) is 0 Å². The Bertz CT molecular complexity index is 205. The maximum Gasteiger partial charge on any atom is 0.0378 e. The summed E-state index contributed by atoms with van der Waals surface area (Å²) in [7, 11) is 0. The van der Waals surface area contributed by atoms with Crippen molar-refractivity contribution in [1.29, 1.82) is 0 Å². The molecule has 0 spiro atoms. The fourth-order valence-corrected chi connectivity index (χ4v) is 1.35. The fraction of sp³-hybridized carbons (Fsp3) is 0.333. The van der Waals surface area contributed by atoms with Crippen LogP contribution in [0.25, 0.3) is 0 Å². The average molecular weight is 132 g/mol. The Hall–Kier alpha value is -0.980. The summed E-state index contributed by atoms with van der Waals surface area (Å²) in [5.74, 6) is 0. The van der Waals surface area contributed by atoms with E-state index < -0.39 is 0 Å². The third kappa shape index (κ3) is 0.878. The molecule has 1 heterocycles. The van der Waals surface area contributed by atoms with Crippen molar-refractivity contribution in [1.82, 2.24) is 0 Å². The number of benzene rings is 1. The molecule has 1 radical (unpaired) electrons. The zero-order valence-electron chi connectivity index (χ0n) is 5.85. The lowest BCUT2D eigenvalue weighted by Gasteiger charge is -2.16. The minimum atomic E-state index is 1.12. The molecule has 0 aromatic heterocycles. The van der Waals surface area contributed by atoms with Gasteiger partial charge in [0.2, 0.25) is 0 Å². The highest BCUT2D eigenvalue weighted by atomic mass is 14.9. The van der Waals surface area contributed by atoms with Gasteiger partial charge < -0.3 is 5.32 Å². The van der Waals surface area contributed by atoms with Crippen molar-refractivity contribution in [2.24, 2.45) is 0 Å². The molecule has 0 saturated carbocycles. The summed E-state index contributed by atoms with van der Waals surface area (Å²) in [6.07, 6.45) is 2.48. The smallest absolute Gasteiger partial charge is 0.0378 e. The van der Waals surface area contributed by atoms with Crippen molar-refractivity contribution in [3.8, 4) is 0 Å². The van der Waals surface area contributed by atoms with E-state index in [0.29, 0.717) is 0 Å². The fourth-order valence-electron chi connectivity index (χ4n) is 1.35. The van der Waals surface area contributed by atoms with Gasteiger partial charge >= 0.3 is 0 Å². The first-order valence-corrected chi connectivity index (χ1v) is 3.70. The predicted molar refractivity (Wildman–Crippen MR) is 42.1 cm³/mol. The standard InChI is InChI=1S/C9H10N/c1-2-6-9-8(4-1)5-3-7-10-9/h1,4,6,10H,3,5,7H2. The van der Waals surface area contributed by atoms with Gasteiger partial charge in [-0.25, -0.2) is 0 Å². The molecule has 10 heavy (non-hydrogen) atoms. The summed E-state index contributed by atoms with van der Waals surface area (Å²) in [5, 5.41) is 3.33. The normalized spacial score (nSPS) is 15.6. The van der Waals surface area contributed by atoms with E-state index in [4.69, 9.17) is 0 Å². The largest absolute Gasteiger partial charge is 0.385 e.